The van der Waals surface area contributed by atoms with Crippen LogP contribution in [0, 0.1) is 0 Å². The van der Waals surface area contributed by atoms with Crippen molar-refractivity contribution in [2.75, 3.05) is 24.9 Å². The molecule has 1 saturated carbocycles. The Labute approximate surface area is 134 Å². The summed E-state index contributed by atoms with van der Waals surface area (Å²) in [5.41, 5.74) is 0.745. The van der Waals surface area contributed by atoms with Crippen molar-refractivity contribution in [1.82, 2.24) is 9.97 Å². The Hall–Kier alpha value is -2.83. The van der Waals surface area contributed by atoms with E-state index < -0.39 is 0 Å². The predicted molar refractivity (Wildman–Crippen MR) is 86.2 cm³/mol. The lowest BCUT2D eigenvalue weighted by Gasteiger charge is -2.11. The average Bonchev–Trinajstić information content (AvgIpc) is 3.39. The highest BCUT2D eigenvalue weighted by atomic mass is 16.5. The zero-order chi connectivity index (χ0) is 16.2. The minimum Gasteiger partial charge on any atom is -0.497 e. The number of carbonyl (C=O) groups excluding carboxylic acids is 1. The topological polar surface area (TPSA) is 85.4 Å². The Kier molecular flexibility index (Phi) is 4.27. The Balaban J connectivity index is 1.72. The summed E-state index contributed by atoms with van der Waals surface area (Å²) >= 11 is 0. The number of amides is 1. The van der Waals surface area contributed by atoms with Gasteiger partial charge in [0.15, 0.2) is 0 Å². The fraction of sp³-hybridized carbons (Fsp3) is 0.312. The highest BCUT2D eigenvalue weighted by Crippen LogP contribution is 2.29. The quantitative estimate of drug-likeness (QED) is 0.851. The van der Waals surface area contributed by atoms with E-state index in [2.05, 4.69) is 20.6 Å². The molecule has 120 valence electrons. The lowest BCUT2D eigenvalue weighted by Crippen LogP contribution is -2.15. The fourth-order valence-corrected chi connectivity index (χ4v) is 2.05. The molecule has 7 nitrogen and oxygen atoms in total. The van der Waals surface area contributed by atoms with Crippen molar-refractivity contribution in [2.24, 2.45) is 0 Å². The Morgan fingerprint density at radius 2 is 2.00 bits per heavy atom. The van der Waals surface area contributed by atoms with E-state index in [1.54, 1.807) is 31.5 Å². The van der Waals surface area contributed by atoms with Crippen LogP contribution in [0.1, 0.15) is 23.3 Å². The van der Waals surface area contributed by atoms with Gasteiger partial charge in [0.05, 0.1) is 32.3 Å². The van der Waals surface area contributed by atoms with Gasteiger partial charge in [-0.15, -0.1) is 0 Å². The molecule has 0 saturated heterocycles. The molecule has 0 aliphatic heterocycles. The van der Waals surface area contributed by atoms with Crippen LogP contribution >= 0.6 is 0 Å². The molecular weight excluding hydrogens is 296 g/mol. The number of nitrogens with zero attached hydrogens (tertiary/aromatic N) is 2. The van der Waals surface area contributed by atoms with Crippen LogP contribution < -0.4 is 20.1 Å². The molecule has 1 aliphatic carbocycles. The first-order chi connectivity index (χ1) is 11.2. The minimum atomic E-state index is -0.359. The highest BCUT2D eigenvalue weighted by Gasteiger charge is 2.21. The zero-order valence-electron chi connectivity index (χ0n) is 13.0. The SMILES string of the molecule is COc1ccc(OC)c(NC(=O)c2cnc(NC3CC3)cn2)c1. The predicted octanol–water partition coefficient (Wildman–Crippen LogP) is 2.32. The number of aromatic nitrogens is 2. The molecule has 0 spiro atoms. The molecule has 0 bridgehead atoms. The maximum Gasteiger partial charge on any atom is 0.275 e. The molecule has 0 radical (unpaired) electrons. The highest BCUT2D eigenvalue weighted by molar-refractivity contribution is 6.03. The van der Waals surface area contributed by atoms with Crippen molar-refractivity contribution >= 4 is 17.4 Å². The number of benzene rings is 1. The first-order valence-corrected chi connectivity index (χ1v) is 7.31. The van der Waals surface area contributed by atoms with E-state index in [0.717, 1.165) is 12.8 Å². The van der Waals surface area contributed by atoms with Crippen LogP contribution in [-0.4, -0.2) is 36.1 Å². The summed E-state index contributed by atoms with van der Waals surface area (Å²) in [5, 5.41) is 5.98. The molecule has 1 amide bonds. The molecule has 1 heterocycles. The number of rotatable bonds is 6. The third kappa shape index (κ3) is 3.68. The van der Waals surface area contributed by atoms with Crippen LogP contribution in [0.5, 0.6) is 11.5 Å². The third-order valence-corrected chi connectivity index (χ3v) is 3.47. The number of nitrogens with one attached hydrogen (secondary N) is 2. The van der Waals surface area contributed by atoms with E-state index in [4.69, 9.17) is 9.47 Å². The minimum absolute atomic E-state index is 0.233. The molecule has 1 aromatic heterocycles. The van der Waals surface area contributed by atoms with Gasteiger partial charge in [0.1, 0.15) is 23.0 Å². The molecule has 1 aromatic carbocycles. The monoisotopic (exact) mass is 314 g/mol. The Morgan fingerprint density at radius 1 is 1.17 bits per heavy atom. The van der Waals surface area contributed by atoms with Crippen molar-refractivity contribution in [1.29, 1.82) is 0 Å². The van der Waals surface area contributed by atoms with Crippen molar-refractivity contribution in [3.8, 4) is 11.5 Å². The van der Waals surface area contributed by atoms with Gasteiger partial charge in [-0.2, -0.15) is 0 Å². The van der Waals surface area contributed by atoms with Crippen molar-refractivity contribution in [3.63, 3.8) is 0 Å². The summed E-state index contributed by atoms with van der Waals surface area (Å²) in [6.45, 7) is 0. The number of hydrogen-bond donors (Lipinski definition) is 2. The van der Waals surface area contributed by atoms with Crippen LogP contribution in [-0.2, 0) is 0 Å². The summed E-state index contributed by atoms with van der Waals surface area (Å²) in [4.78, 5) is 20.6. The summed E-state index contributed by atoms with van der Waals surface area (Å²) < 4.78 is 10.4. The third-order valence-electron chi connectivity index (χ3n) is 3.47. The first kappa shape index (κ1) is 15.1. The molecule has 0 unspecified atom stereocenters. The van der Waals surface area contributed by atoms with Gasteiger partial charge in [-0.3, -0.25) is 4.79 Å². The van der Waals surface area contributed by atoms with Crippen molar-refractivity contribution in [3.05, 3.63) is 36.3 Å². The van der Waals surface area contributed by atoms with E-state index in [-0.39, 0.29) is 11.6 Å². The van der Waals surface area contributed by atoms with Crippen molar-refractivity contribution < 1.29 is 14.3 Å². The molecule has 7 heteroatoms. The van der Waals surface area contributed by atoms with Crippen LogP contribution in [0.3, 0.4) is 0 Å². The van der Waals surface area contributed by atoms with Crippen LogP contribution in [0.4, 0.5) is 11.5 Å². The van der Waals surface area contributed by atoms with Crippen LogP contribution in [0.15, 0.2) is 30.6 Å². The summed E-state index contributed by atoms with van der Waals surface area (Å²) in [6, 6.07) is 5.66. The number of carbonyl (C=O) groups is 1. The van der Waals surface area contributed by atoms with Crippen molar-refractivity contribution in [2.45, 2.75) is 18.9 Å². The molecule has 23 heavy (non-hydrogen) atoms. The zero-order valence-corrected chi connectivity index (χ0v) is 13.0. The second kappa shape index (κ2) is 6.51. The van der Waals surface area contributed by atoms with Gasteiger partial charge in [-0.25, -0.2) is 9.97 Å². The maximum atomic E-state index is 12.3. The average molecular weight is 314 g/mol. The van der Waals surface area contributed by atoms with E-state index in [1.165, 1.54) is 13.3 Å². The van der Waals surface area contributed by atoms with E-state index in [1.807, 2.05) is 0 Å². The molecular formula is C16H18N4O3. The van der Waals surface area contributed by atoms with Gasteiger partial charge in [0, 0.05) is 12.1 Å². The van der Waals surface area contributed by atoms with E-state index in [9.17, 15) is 4.79 Å². The molecule has 0 atom stereocenters. The molecule has 3 rings (SSSR count). The van der Waals surface area contributed by atoms with Crippen LogP contribution in [0.25, 0.3) is 0 Å². The lowest BCUT2D eigenvalue weighted by molar-refractivity contribution is 0.102. The molecule has 2 aromatic rings. The van der Waals surface area contributed by atoms with Gasteiger partial charge >= 0.3 is 0 Å². The maximum absolute atomic E-state index is 12.3. The second-order valence-corrected chi connectivity index (χ2v) is 5.23. The number of methoxy groups -OCH3 is 2. The van der Waals surface area contributed by atoms with Gasteiger partial charge in [0.25, 0.3) is 5.91 Å². The molecule has 2 N–H and O–H groups in total. The number of hydrogen-bond acceptors (Lipinski definition) is 6. The Morgan fingerprint density at radius 3 is 2.61 bits per heavy atom. The number of ether oxygens (including phenoxy) is 2. The lowest BCUT2D eigenvalue weighted by atomic mass is 10.2. The standard InChI is InChI=1S/C16H18N4O3/c1-22-11-5-6-14(23-2)12(7-11)20-16(21)13-8-18-15(9-17-13)19-10-3-4-10/h5-10H,3-4H2,1-2H3,(H,18,19)(H,20,21). The summed E-state index contributed by atoms with van der Waals surface area (Å²) in [7, 11) is 3.10. The van der Waals surface area contributed by atoms with E-state index in [0.29, 0.717) is 29.0 Å². The fourth-order valence-electron chi connectivity index (χ4n) is 2.05. The van der Waals surface area contributed by atoms with Crippen LogP contribution in [0.2, 0.25) is 0 Å². The van der Waals surface area contributed by atoms with Gasteiger partial charge in [0.2, 0.25) is 0 Å². The Bertz CT molecular complexity index is 699. The molecule has 1 fully saturated rings. The first-order valence-electron chi connectivity index (χ1n) is 7.31. The largest absolute Gasteiger partial charge is 0.497 e. The number of anilines is 2. The van der Waals surface area contributed by atoms with Gasteiger partial charge in [-0.1, -0.05) is 0 Å². The van der Waals surface area contributed by atoms with Gasteiger partial charge in [-0.05, 0) is 25.0 Å². The smallest absolute Gasteiger partial charge is 0.275 e. The normalized spacial score (nSPS) is 13.3. The molecule has 1 aliphatic rings. The van der Waals surface area contributed by atoms with Gasteiger partial charge < -0.3 is 20.1 Å². The second-order valence-electron chi connectivity index (χ2n) is 5.23. The summed E-state index contributed by atoms with van der Waals surface area (Å²) in [5.74, 6) is 1.49. The van der Waals surface area contributed by atoms with E-state index >= 15 is 0 Å². The summed E-state index contributed by atoms with van der Waals surface area (Å²) in [6.07, 6.45) is 5.32.